The fourth-order valence-corrected chi connectivity index (χ4v) is 4.51. The molecule has 0 aliphatic carbocycles. The lowest BCUT2D eigenvalue weighted by Crippen LogP contribution is -2.16. The van der Waals surface area contributed by atoms with E-state index in [9.17, 15) is 17.6 Å². The maximum Gasteiger partial charge on any atom is 0.262 e. The van der Waals surface area contributed by atoms with E-state index in [2.05, 4.69) is 10.0 Å². The molecule has 1 amide bonds. The minimum absolute atomic E-state index is 0.105. The van der Waals surface area contributed by atoms with Crippen LogP contribution in [-0.2, 0) is 10.0 Å². The van der Waals surface area contributed by atoms with Crippen molar-refractivity contribution in [3.05, 3.63) is 87.2 Å². The number of carbonyl (C=O) groups excluding carboxylic acids is 1. The van der Waals surface area contributed by atoms with E-state index < -0.39 is 21.7 Å². The summed E-state index contributed by atoms with van der Waals surface area (Å²) in [5, 5.41) is 2.84. The molecule has 3 aromatic rings. The topological polar surface area (TPSA) is 75.3 Å². The lowest BCUT2D eigenvalue weighted by molar-refractivity contribution is 0.102. The molecular weight excluding hydrogens is 450 g/mol. The van der Waals surface area contributed by atoms with Gasteiger partial charge in [-0.2, -0.15) is 0 Å². The van der Waals surface area contributed by atoms with Gasteiger partial charge in [0.25, 0.3) is 15.9 Å². The molecule has 0 atom stereocenters. The summed E-state index contributed by atoms with van der Waals surface area (Å²) in [4.78, 5) is 12.1. The summed E-state index contributed by atoms with van der Waals surface area (Å²) < 4.78 is 42.4. The maximum absolute atomic E-state index is 14.6. The SMILES string of the molecule is Cc1cccc(C)c1NS(=O)(=O)c1ccc(NC(=O)c2ccc(Cl)cc2Cl)c(F)c1. The molecule has 0 unspecified atom stereocenters. The minimum atomic E-state index is -4.03. The standard InChI is InChI=1S/C21H17Cl2FN2O3S/c1-12-4-3-5-13(2)20(12)26-30(28,29)15-7-9-19(18(24)11-15)25-21(27)16-8-6-14(22)10-17(16)23/h3-11,26H,1-2H3,(H,25,27). The molecule has 0 saturated carbocycles. The smallest absolute Gasteiger partial charge is 0.262 e. The van der Waals surface area contributed by atoms with Gasteiger partial charge in [-0.05, 0) is 61.4 Å². The Hall–Kier alpha value is -2.61. The number of anilines is 2. The Kier molecular flexibility index (Phi) is 6.36. The second-order valence-electron chi connectivity index (χ2n) is 6.59. The second kappa shape index (κ2) is 8.63. The van der Waals surface area contributed by atoms with Crippen LogP contribution in [0.2, 0.25) is 10.0 Å². The molecule has 0 aliphatic heterocycles. The number of amides is 1. The zero-order valence-electron chi connectivity index (χ0n) is 16.0. The van der Waals surface area contributed by atoms with E-state index in [1.54, 1.807) is 26.0 Å². The average Bonchev–Trinajstić information content (AvgIpc) is 2.66. The molecule has 3 aromatic carbocycles. The number of aryl methyl sites for hydroxylation is 2. The number of nitrogens with one attached hydrogen (secondary N) is 2. The predicted molar refractivity (Wildman–Crippen MR) is 118 cm³/mol. The molecule has 0 spiro atoms. The van der Waals surface area contributed by atoms with Crippen LogP contribution in [-0.4, -0.2) is 14.3 Å². The molecule has 0 bridgehead atoms. The van der Waals surface area contributed by atoms with Gasteiger partial charge in [-0.1, -0.05) is 41.4 Å². The average molecular weight is 467 g/mol. The number of benzene rings is 3. The van der Waals surface area contributed by atoms with Crippen molar-refractivity contribution >= 4 is 50.5 Å². The van der Waals surface area contributed by atoms with Gasteiger partial charge in [-0.25, -0.2) is 12.8 Å². The Morgan fingerprint density at radius 2 is 1.63 bits per heavy atom. The molecule has 30 heavy (non-hydrogen) atoms. The summed E-state index contributed by atoms with van der Waals surface area (Å²) in [6.45, 7) is 3.54. The third kappa shape index (κ3) is 4.75. The molecule has 5 nitrogen and oxygen atoms in total. The van der Waals surface area contributed by atoms with Crippen molar-refractivity contribution < 1.29 is 17.6 Å². The molecule has 0 fully saturated rings. The lowest BCUT2D eigenvalue weighted by atomic mass is 10.1. The van der Waals surface area contributed by atoms with Crippen molar-refractivity contribution in [2.75, 3.05) is 10.0 Å². The van der Waals surface area contributed by atoms with Crippen molar-refractivity contribution in [3.8, 4) is 0 Å². The van der Waals surface area contributed by atoms with Crippen LogP contribution in [0.5, 0.6) is 0 Å². The fraction of sp³-hybridized carbons (Fsp3) is 0.0952. The first kappa shape index (κ1) is 22.1. The van der Waals surface area contributed by atoms with E-state index in [0.29, 0.717) is 10.7 Å². The van der Waals surface area contributed by atoms with Crippen LogP contribution >= 0.6 is 23.2 Å². The van der Waals surface area contributed by atoms with Gasteiger partial charge in [0.2, 0.25) is 0 Å². The second-order valence-corrected chi connectivity index (χ2v) is 9.12. The van der Waals surface area contributed by atoms with Crippen molar-refractivity contribution in [2.24, 2.45) is 0 Å². The number of sulfonamides is 1. The molecule has 0 heterocycles. The Morgan fingerprint density at radius 1 is 0.967 bits per heavy atom. The molecule has 0 saturated heterocycles. The van der Waals surface area contributed by atoms with Gasteiger partial charge in [0.1, 0.15) is 5.82 Å². The van der Waals surface area contributed by atoms with Gasteiger partial charge in [0, 0.05) is 5.02 Å². The van der Waals surface area contributed by atoms with Gasteiger partial charge < -0.3 is 5.32 Å². The molecule has 0 aromatic heterocycles. The summed E-state index contributed by atoms with van der Waals surface area (Å²) in [5.74, 6) is -1.56. The number of rotatable bonds is 5. The normalized spacial score (nSPS) is 11.2. The first-order valence-electron chi connectivity index (χ1n) is 8.73. The number of para-hydroxylation sites is 1. The summed E-state index contributed by atoms with van der Waals surface area (Å²) in [7, 11) is -4.03. The van der Waals surface area contributed by atoms with Crippen LogP contribution in [0.3, 0.4) is 0 Å². The van der Waals surface area contributed by atoms with Crippen molar-refractivity contribution in [1.82, 2.24) is 0 Å². The van der Waals surface area contributed by atoms with Gasteiger partial charge in [-0.15, -0.1) is 0 Å². The van der Waals surface area contributed by atoms with Gasteiger partial charge in [0.15, 0.2) is 0 Å². The number of halogens is 3. The summed E-state index contributed by atoms with van der Waals surface area (Å²) >= 11 is 11.8. The van der Waals surface area contributed by atoms with Gasteiger partial charge in [0.05, 0.1) is 26.9 Å². The zero-order chi connectivity index (χ0) is 22.1. The Bertz CT molecular complexity index is 1230. The van der Waals surface area contributed by atoms with Crippen molar-refractivity contribution in [1.29, 1.82) is 0 Å². The number of hydrogen-bond acceptors (Lipinski definition) is 3. The monoisotopic (exact) mass is 466 g/mol. The number of hydrogen-bond donors (Lipinski definition) is 2. The molecule has 9 heteroatoms. The Balaban J connectivity index is 1.85. The predicted octanol–water partition coefficient (Wildman–Crippen LogP) is 5.80. The highest BCUT2D eigenvalue weighted by Gasteiger charge is 2.20. The number of carbonyl (C=O) groups is 1. The van der Waals surface area contributed by atoms with E-state index in [1.807, 2.05) is 6.07 Å². The van der Waals surface area contributed by atoms with E-state index >= 15 is 0 Å². The van der Waals surface area contributed by atoms with E-state index in [-0.39, 0.29) is 21.2 Å². The third-order valence-electron chi connectivity index (χ3n) is 4.39. The van der Waals surface area contributed by atoms with Crippen LogP contribution in [0.15, 0.2) is 59.5 Å². The van der Waals surface area contributed by atoms with E-state index in [1.165, 1.54) is 30.3 Å². The van der Waals surface area contributed by atoms with Crippen molar-refractivity contribution in [3.63, 3.8) is 0 Å². The highest BCUT2D eigenvalue weighted by molar-refractivity contribution is 7.92. The fourth-order valence-electron chi connectivity index (χ4n) is 2.80. The summed E-state index contributed by atoms with van der Waals surface area (Å²) in [6.07, 6.45) is 0. The van der Waals surface area contributed by atoms with Crippen LogP contribution in [0.4, 0.5) is 15.8 Å². The molecular formula is C21H17Cl2FN2O3S. The first-order valence-corrected chi connectivity index (χ1v) is 11.0. The summed E-state index contributed by atoms with van der Waals surface area (Å²) in [5.41, 5.74) is 1.84. The largest absolute Gasteiger partial charge is 0.319 e. The zero-order valence-corrected chi connectivity index (χ0v) is 18.3. The quantitative estimate of drug-likeness (QED) is 0.498. The van der Waals surface area contributed by atoms with Crippen LogP contribution < -0.4 is 10.0 Å². The molecule has 0 aliphatic rings. The Morgan fingerprint density at radius 3 is 2.23 bits per heavy atom. The Labute approximate surface area is 183 Å². The molecule has 156 valence electrons. The van der Waals surface area contributed by atoms with Crippen LogP contribution in [0.1, 0.15) is 21.5 Å². The molecule has 2 N–H and O–H groups in total. The highest BCUT2D eigenvalue weighted by Crippen LogP contribution is 2.26. The van der Waals surface area contributed by atoms with Gasteiger partial charge in [-0.3, -0.25) is 9.52 Å². The molecule has 0 radical (unpaired) electrons. The van der Waals surface area contributed by atoms with Crippen molar-refractivity contribution in [2.45, 2.75) is 18.7 Å². The lowest BCUT2D eigenvalue weighted by Gasteiger charge is -2.14. The minimum Gasteiger partial charge on any atom is -0.319 e. The van der Waals surface area contributed by atoms with Gasteiger partial charge >= 0.3 is 0 Å². The third-order valence-corrected chi connectivity index (χ3v) is 6.29. The first-order chi connectivity index (χ1) is 14.1. The van der Waals surface area contributed by atoms with Crippen LogP contribution in [0, 0.1) is 19.7 Å². The molecule has 3 rings (SSSR count). The maximum atomic E-state index is 14.6. The van der Waals surface area contributed by atoms with E-state index in [4.69, 9.17) is 23.2 Å². The van der Waals surface area contributed by atoms with Crippen LogP contribution in [0.25, 0.3) is 0 Å². The summed E-state index contributed by atoms with van der Waals surface area (Å²) in [6, 6.07) is 12.9. The van der Waals surface area contributed by atoms with E-state index in [0.717, 1.165) is 17.2 Å². The highest BCUT2D eigenvalue weighted by atomic mass is 35.5.